The van der Waals surface area contributed by atoms with E-state index in [1.54, 1.807) is 0 Å². The van der Waals surface area contributed by atoms with Crippen molar-refractivity contribution in [2.75, 3.05) is 65.2 Å². The molecule has 4 N–H and O–H groups in total. The molecule has 7 nitrogen and oxygen atoms in total. The molecule has 0 heterocycles. The average molecular weight is 324 g/mol. The van der Waals surface area contributed by atoms with E-state index in [1.807, 2.05) is 0 Å². The topological polar surface area (TPSA) is 91.5 Å². The molecule has 0 rings (SSSR count). The molecule has 0 unspecified atom stereocenters. The molecule has 0 fully saturated rings. The fourth-order valence-corrected chi connectivity index (χ4v) is 2.07. The van der Waals surface area contributed by atoms with Gasteiger partial charge < -0.3 is 21.3 Å². The van der Waals surface area contributed by atoms with Gasteiger partial charge in [0, 0.05) is 39.3 Å². The van der Waals surface area contributed by atoms with Crippen LogP contribution in [0.5, 0.6) is 0 Å². The lowest BCUT2D eigenvalue weighted by Crippen LogP contribution is -2.35. The smallest absolute Gasteiger partial charge is 0.264 e. The van der Waals surface area contributed by atoms with Gasteiger partial charge in [-0.15, -0.1) is 0 Å². The molecule has 0 aromatic heterocycles. The molecule has 0 aliphatic carbocycles. The van der Waals surface area contributed by atoms with E-state index in [-0.39, 0.29) is 6.61 Å². The zero-order chi connectivity index (χ0) is 15.8. The Morgan fingerprint density at radius 1 is 0.762 bits per heavy atom. The number of rotatable bonds is 16. The first-order valence-corrected chi connectivity index (χ1v) is 9.55. The SMILES string of the molecule is CCNCCNCCNCCNCCCCOS(C)(=O)=O. The molecule has 0 aliphatic heterocycles. The van der Waals surface area contributed by atoms with Crippen LogP contribution < -0.4 is 21.3 Å². The van der Waals surface area contributed by atoms with Gasteiger partial charge in [0.15, 0.2) is 0 Å². The highest BCUT2D eigenvalue weighted by Gasteiger charge is 1.99. The third-order valence-electron chi connectivity index (χ3n) is 2.73. The maximum absolute atomic E-state index is 10.7. The molecule has 0 aliphatic rings. The van der Waals surface area contributed by atoms with Gasteiger partial charge in [-0.05, 0) is 25.9 Å². The highest BCUT2D eigenvalue weighted by atomic mass is 32.2. The van der Waals surface area contributed by atoms with Crippen molar-refractivity contribution in [1.29, 1.82) is 0 Å². The first-order chi connectivity index (χ1) is 10.1. The quantitative estimate of drug-likeness (QED) is 0.216. The molecular weight excluding hydrogens is 292 g/mol. The lowest BCUT2D eigenvalue weighted by atomic mass is 10.3. The predicted octanol–water partition coefficient (Wildman–Crippen LogP) is -0.879. The van der Waals surface area contributed by atoms with Gasteiger partial charge in [0.2, 0.25) is 0 Å². The van der Waals surface area contributed by atoms with E-state index >= 15 is 0 Å². The van der Waals surface area contributed by atoms with Gasteiger partial charge in [-0.25, -0.2) is 0 Å². The van der Waals surface area contributed by atoms with Crippen LogP contribution in [0, 0.1) is 0 Å². The van der Waals surface area contributed by atoms with Crippen LogP contribution in [-0.2, 0) is 14.3 Å². The van der Waals surface area contributed by atoms with Crippen LogP contribution in [0.25, 0.3) is 0 Å². The van der Waals surface area contributed by atoms with Gasteiger partial charge in [-0.1, -0.05) is 6.92 Å². The monoisotopic (exact) mass is 324 g/mol. The molecule has 0 atom stereocenters. The van der Waals surface area contributed by atoms with Crippen molar-refractivity contribution in [3.05, 3.63) is 0 Å². The van der Waals surface area contributed by atoms with Gasteiger partial charge >= 0.3 is 0 Å². The van der Waals surface area contributed by atoms with Crippen molar-refractivity contribution in [3.8, 4) is 0 Å². The number of likely N-dealkylation sites (N-methyl/N-ethyl adjacent to an activating group) is 1. The van der Waals surface area contributed by atoms with E-state index in [0.29, 0.717) is 0 Å². The summed E-state index contributed by atoms with van der Waals surface area (Å²) >= 11 is 0. The summed E-state index contributed by atoms with van der Waals surface area (Å²) in [4.78, 5) is 0. The van der Waals surface area contributed by atoms with Crippen LogP contribution in [0.2, 0.25) is 0 Å². The Labute approximate surface area is 129 Å². The van der Waals surface area contributed by atoms with Gasteiger partial charge in [0.05, 0.1) is 12.9 Å². The molecule has 0 amide bonds. The third-order valence-corrected chi connectivity index (χ3v) is 3.33. The van der Waals surface area contributed by atoms with Crippen LogP contribution >= 0.6 is 0 Å². The van der Waals surface area contributed by atoms with E-state index in [4.69, 9.17) is 0 Å². The maximum Gasteiger partial charge on any atom is 0.264 e. The minimum Gasteiger partial charge on any atom is -0.316 e. The van der Waals surface area contributed by atoms with Crippen LogP contribution in [0.4, 0.5) is 0 Å². The molecule has 0 spiro atoms. The minimum absolute atomic E-state index is 0.275. The fraction of sp³-hybridized carbons (Fsp3) is 1.00. The van der Waals surface area contributed by atoms with Gasteiger partial charge in [-0.2, -0.15) is 8.42 Å². The van der Waals surface area contributed by atoms with E-state index in [2.05, 4.69) is 32.4 Å². The van der Waals surface area contributed by atoms with Crippen molar-refractivity contribution in [1.82, 2.24) is 21.3 Å². The third kappa shape index (κ3) is 19.8. The second-order valence-electron chi connectivity index (χ2n) is 4.84. The number of hydrogen-bond acceptors (Lipinski definition) is 7. The van der Waals surface area contributed by atoms with Gasteiger partial charge in [0.25, 0.3) is 10.1 Å². The van der Waals surface area contributed by atoms with Crippen molar-refractivity contribution < 1.29 is 12.6 Å². The summed E-state index contributed by atoms with van der Waals surface area (Å²) in [7, 11) is -3.28. The maximum atomic E-state index is 10.7. The van der Waals surface area contributed by atoms with Gasteiger partial charge in [-0.3, -0.25) is 4.18 Å². The summed E-state index contributed by atoms with van der Waals surface area (Å²) in [5.74, 6) is 0. The lowest BCUT2D eigenvalue weighted by molar-refractivity contribution is 0.311. The van der Waals surface area contributed by atoms with Crippen molar-refractivity contribution in [3.63, 3.8) is 0 Å². The van der Waals surface area contributed by atoms with Crippen molar-refractivity contribution in [2.45, 2.75) is 19.8 Å². The van der Waals surface area contributed by atoms with Crippen LogP contribution in [0.15, 0.2) is 0 Å². The van der Waals surface area contributed by atoms with Crippen LogP contribution in [0.3, 0.4) is 0 Å². The molecule has 0 radical (unpaired) electrons. The fourth-order valence-electron chi connectivity index (χ4n) is 1.64. The zero-order valence-corrected chi connectivity index (χ0v) is 14.2. The first kappa shape index (κ1) is 20.8. The molecule has 128 valence electrons. The Morgan fingerprint density at radius 2 is 1.24 bits per heavy atom. The van der Waals surface area contributed by atoms with Crippen molar-refractivity contribution in [2.24, 2.45) is 0 Å². The predicted molar refractivity (Wildman–Crippen MR) is 87.2 cm³/mol. The van der Waals surface area contributed by atoms with E-state index in [9.17, 15) is 8.42 Å². The average Bonchev–Trinajstić information content (AvgIpc) is 2.42. The number of nitrogens with one attached hydrogen (secondary N) is 4. The highest BCUT2D eigenvalue weighted by molar-refractivity contribution is 7.85. The van der Waals surface area contributed by atoms with E-state index in [0.717, 1.165) is 71.5 Å². The zero-order valence-electron chi connectivity index (χ0n) is 13.4. The molecule has 0 saturated carbocycles. The summed E-state index contributed by atoms with van der Waals surface area (Å²) in [5.41, 5.74) is 0. The standard InChI is InChI=1S/C13H32N4O3S/c1-3-14-7-8-16-11-12-17-10-9-15-6-4-5-13-20-21(2,18)19/h14-17H,3-13H2,1-2H3. The second-order valence-corrected chi connectivity index (χ2v) is 6.48. The highest BCUT2D eigenvalue weighted by Crippen LogP contribution is 1.92. The number of hydrogen-bond donors (Lipinski definition) is 4. The molecule has 0 bridgehead atoms. The summed E-state index contributed by atoms with van der Waals surface area (Å²) in [5, 5.41) is 13.3. The van der Waals surface area contributed by atoms with Gasteiger partial charge in [0.1, 0.15) is 0 Å². The minimum atomic E-state index is -3.28. The lowest BCUT2D eigenvalue weighted by Gasteiger charge is -2.08. The van der Waals surface area contributed by atoms with E-state index in [1.165, 1.54) is 0 Å². The summed E-state index contributed by atoms with van der Waals surface area (Å²) in [6.07, 6.45) is 2.75. The van der Waals surface area contributed by atoms with Crippen LogP contribution in [-0.4, -0.2) is 73.6 Å². The van der Waals surface area contributed by atoms with Crippen LogP contribution in [0.1, 0.15) is 19.8 Å². The van der Waals surface area contributed by atoms with Crippen molar-refractivity contribution >= 4 is 10.1 Å². The Hall–Kier alpha value is -0.250. The molecule has 8 heteroatoms. The summed E-state index contributed by atoms with van der Waals surface area (Å²) in [6, 6.07) is 0. The summed E-state index contributed by atoms with van der Waals surface area (Å²) in [6.45, 7) is 10.1. The Bertz CT molecular complexity index is 313. The summed E-state index contributed by atoms with van der Waals surface area (Å²) < 4.78 is 26.1. The normalized spacial score (nSPS) is 11.9. The molecule has 21 heavy (non-hydrogen) atoms. The molecule has 0 aromatic carbocycles. The molecular formula is C13H32N4O3S. The van der Waals surface area contributed by atoms with E-state index < -0.39 is 10.1 Å². The first-order valence-electron chi connectivity index (χ1n) is 7.73. The Balaban J connectivity index is 3.03. The Kier molecular flexibility index (Phi) is 14.5. The number of unbranched alkanes of at least 4 members (excludes halogenated alkanes) is 1. The second kappa shape index (κ2) is 14.7. The molecule has 0 saturated heterocycles. The molecule has 0 aromatic rings. The Morgan fingerprint density at radius 3 is 1.71 bits per heavy atom. The largest absolute Gasteiger partial charge is 0.316 e.